The van der Waals surface area contributed by atoms with Crippen LogP contribution in [0.25, 0.3) is 16.6 Å². The van der Waals surface area contributed by atoms with E-state index in [-0.39, 0.29) is 24.2 Å². The van der Waals surface area contributed by atoms with E-state index >= 15 is 0 Å². The molecule has 0 aliphatic carbocycles. The van der Waals surface area contributed by atoms with Crippen LogP contribution in [-0.2, 0) is 11.2 Å². The van der Waals surface area contributed by atoms with Crippen molar-refractivity contribution in [2.75, 3.05) is 20.1 Å². The Morgan fingerprint density at radius 2 is 2.03 bits per heavy atom. The maximum atomic E-state index is 13.5. The third-order valence-electron chi connectivity index (χ3n) is 6.03. The molecule has 5 rings (SSSR count). The van der Waals surface area contributed by atoms with Gasteiger partial charge in [0.1, 0.15) is 23.5 Å². The Bertz CT molecular complexity index is 1340. The van der Waals surface area contributed by atoms with Gasteiger partial charge >= 0.3 is 0 Å². The Morgan fingerprint density at radius 1 is 1.15 bits per heavy atom. The van der Waals surface area contributed by atoms with Crippen LogP contribution < -0.4 is 4.74 Å². The van der Waals surface area contributed by atoms with Gasteiger partial charge in [-0.1, -0.05) is 0 Å². The van der Waals surface area contributed by atoms with Crippen molar-refractivity contribution < 1.29 is 13.9 Å². The maximum Gasteiger partial charge on any atom is 0.145 e. The standard InChI is InChI=1S/C25H25FN6O2/c1-16-5-21(3-4-28-16)32-24-13-29-20(6-17(24)10-30-32)9-22(33)7-18-14-31(2)15-25(18)34-23-8-19(26)11-27-12-23/h3-6,8,10-13,18,25H,7,9,14-15H2,1-2H3/t18-,25-/m0/s1. The summed E-state index contributed by atoms with van der Waals surface area (Å²) in [6, 6.07) is 7.09. The van der Waals surface area contributed by atoms with Crippen molar-refractivity contribution in [3.8, 4) is 11.4 Å². The van der Waals surface area contributed by atoms with Gasteiger partial charge in [0.15, 0.2) is 0 Å². The fourth-order valence-electron chi connectivity index (χ4n) is 4.51. The monoisotopic (exact) mass is 460 g/mol. The molecule has 4 aromatic heterocycles. The summed E-state index contributed by atoms with van der Waals surface area (Å²) in [5.74, 6) is 0.0454. The van der Waals surface area contributed by atoms with Crippen LogP contribution >= 0.6 is 0 Å². The van der Waals surface area contributed by atoms with E-state index in [0.29, 0.717) is 24.4 Å². The molecule has 1 fully saturated rings. The number of Topliss-reactive ketones (excluding diaryl/α,β-unsaturated/α-hetero) is 1. The van der Waals surface area contributed by atoms with E-state index in [1.807, 2.05) is 36.9 Å². The minimum atomic E-state index is -0.444. The van der Waals surface area contributed by atoms with E-state index in [9.17, 15) is 9.18 Å². The molecule has 2 atom stereocenters. The minimum absolute atomic E-state index is 0.0159. The highest BCUT2D eigenvalue weighted by Gasteiger charge is 2.34. The number of halogens is 1. The summed E-state index contributed by atoms with van der Waals surface area (Å²) >= 11 is 0. The number of ketones is 1. The lowest BCUT2D eigenvalue weighted by atomic mass is 9.97. The van der Waals surface area contributed by atoms with Crippen LogP contribution in [0.5, 0.6) is 5.75 Å². The molecule has 1 aliphatic heterocycles. The molecular formula is C25H25FN6O2. The van der Waals surface area contributed by atoms with Crippen molar-refractivity contribution in [1.29, 1.82) is 0 Å². The summed E-state index contributed by atoms with van der Waals surface area (Å²) in [5.41, 5.74) is 3.40. The van der Waals surface area contributed by atoms with Gasteiger partial charge in [-0.3, -0.25) is 19.7 Å². The highest BCUT2D eigenvalue weighted by molar-refractivity contribution is 5.84. The van der Waals surface area contributed by atoms with E-state index in [1.54, 1.807) is 18.6 Å². The van der Waals surface area contributed by atoms with Crippen molar-refractivity contribution in [1.82, 2.24) is 29.6 Å². The predicted molar refractivity (Wildman–Crippen MR) is 124 cm³/mol. The predicted octanol–water partition coefficient (Wildman–Crippen LogP) is 3.17. The van der Waals surface area contributed by atoms with Crippen molar-refractivity contribution in [2.24, 2.45) is 5.92 Å². The number of rotatable bonds is 7. The molecule has 8 nitrogen and oxygen atoms in total. The zero-order chi connectivity index (χ0) is 23.7. The van der Waals surface area contributed by atoms with Gasteiger partial charge in [-0.15, -0.1) is 0 Å². The lowest BCUT2D eigenvalue weighted by Gasteiger charge is -2.19. The number of hydrogen-bond donors (Lipinski definition) is 0. The lowest BCUT2D eigenvalue weighted by Crippen LogP contribution is -2.28. The topological polar surface area (TPSA) is 86.0 Å². The van der Waals surface area contributed by atoms with Gasteiger partial charge in [-0.2, -0.15) is 5.10 Å². The van der Waals surface area contributed by atoms with E-state index in [0.717, 1.165) is 35.0 Å². The SMILES string of the molecule is Cc1cc(-n2ncc3cc(CC(=O)C[C@H]4CN(C)C[C@@H]4Oc4cncc(F)c4)ncc32)ccn1. The first kappa shape index (κ1) is 22.1. The average molecular weight is 461 g/mol. The molecule has 1 saturated heterocycles. The second-order valence-electron chi connectivity index (χ2n) is 8.84. The van der Waals surface area contributed by atoms with E-state index < -0.39 is 5.82 Å². The van der Waals surface area contributed by atoms with Crippen LogP contribution in [0.4, 0.5) is 4.39 Å². The number of hydrogen-bond acceptors (Lipinski definition) is 7. The Balaban J connectivity index is 1.27. The number of aryl methyl sites for hydroxylation is 1. The van der Waals surface area contributed by atoms with Gasteiger partial charge in [0, 0.05) is 60.9 Å². The Labute approximate surface area is 196 Å². The first-order valence-electron chi connectivity index (χ1n) is 11.2. The zero-order valence-electron chi connectivity index (χ0n) is 19.1. The van der Waals surface area contributed by atoms with Crippen molar-refractivity contribution in [3.63, 3.8) is 0 Å². The summed E-state index contributed by atoms with van der Waals surface area (Å²) in [4.78, 5) is 27.6. The number of carbonyl (C=O) groups excluding carboxylic acids is 1. The van der Waals surface area contributed by atoms with Crippen LogP contribution in [0.1, 0.15) is 17.8 Å². The second kappa shape index (κ2) is 9.26. The molecule has 0 radical (unpaired) electrons. The molecule has 0 amide bonds. The molecule has 0 saturated carbocycles. The number of likely N-dealkylation sites (N-methyl/N-ethyl adjacent to an activating group) is 1. The largest absolute Gasteiger partial charge is 0.487 e. The quantitative estimate of drug-likeness (QED) is 0.419. The summed E-state index contributed by atoms with van der Waals surface area (Å²) < 4.78 is 21.3. The zero-order valence-corrected chi connectivity index (χ0v) is 19.1. The smallest absolute Gasteiger partial charge is 0.145 e. The number of aromatic nitrogens is 5. The first-order chi connectivity index (χ1) is 16.4. The molecule has 0 bridgehead atoms. The Morgan fingerprint density at radius 3 is 2.85 bits per heavy atom. The van der Waals surface area contributed by atoms with Crippen molar-refractivity contribution >= 4 is 16.7 Å². The Hall–Kier alpha value is -3.72. The summed E-state index contributed by atoms with van der Waals surface area (Å²) in [5, 5.41) is 5.41. The minimum Gasteiger partial charge on any atom is -0.487 e. The maximum absolute atomic E-state index is 13.5. The third-order valence-corrected chi connectivity index (χ3v) is 6.03. The molecule has 0 unspecified atom stereocenters. The highest BCUT2D eigenvalue weighted by atomic mass is 19.1. The molecule has 174 valence electrons. The van der Waals surface area contributed by atoms with E-state index in [2.05, 4.69) is 25.0 Å². The number of carbonyl (C=O) groups is 1. The number of fused-ring (bicyclic) bond motifs is 1. The molecule has 1 aliphatic rings. The van der Waals surface area contributed by atoms with Gasteiger partial charge in [0.05, 0.1) is 36.0 Å². The Kier molecular flexibility index (Phi) is 6.02. The van der Waals surface area contributed by atoms with E-state index in [4.69, 9.17) is 4.74 Å². The van der Waals surface area contributed by atoms with Crippen LogP contribution in [0, 0.1) is 18.7 Å². The van der Waals surface area contributed by atoms with Gasteiger partial charge in [-0.05, 0) is 32.2 Å². The molecule has 34 heavy (non-hydrogen) atoms. The van der Waals surface area contributed by atoms with Crippen LogP contribution in [-0.4, -0.2) is 61.7 Å². The summed E-state index contributed by atoms with van der Waals surface area (Å²) in [6.45, 7) is 3.35. The van der Waals surface area contributed by atoms with Gasteiger partial charge < -0.3 is 9.64 Å². The number of likely N-dealkylation sites (tertiary alicyclic amines) is 1. The van der Waals surface area contributed by atoms with Crippen molar-refractivity contribution in [2.45, 2.75) is 25.9 Å². The molecule has 5 heterocycles. The van der Waals surface area contributed by atoms with Crippen LogP contribution in [0.2, 0.25) is 0 Å². The molecule has 9 heteroatoms. The highest BCUT2D eigenvalue weighted by Crippen LogP contribution is 2.26. The van der Waals surface area contributed by atoms with Gasteiger partial charge in [0.2, 0.25) is 0 Å². The number of ether oxygens (including phenoxy) is 1. The number of pyridine rings is 3. The fourth-order valence-corrected chi connectivity index (χ4v) is 4.51. The molecule has 4 aromatic rings. The van der Waals surface area contributed by atoms with Gasteiger partial charge in [0.25, 0.3) is 0 Å². The number of nitrogens with zero attached hydrogens (tertiary/aromatic N) is 6. The molecule has 0 N–H and O–H groups in total. The van der Waals surface area contributed by atoms with Crippen LogP contribution in [0.15, 0.2) is 55.2 Å². The molecule has 0 spiro atoms. The third kappa shape index (κ3) is 4.79. The van der Waals surface area contributed by atoms with Crippen LogP contribution in [0.3, 0.4) is 0 Å². The molecular weight excluding hydrogens is 435 g/mol. The fraction of sp³-hybridized carbons (Fsp3) is 0.320. The molecule has 0 aromatic carbocycles. The normalized spacial score (nSPS) is 18.4. The summed E-state index contributed by atoms with van der Waals surface area (Å²) in [7, 11) is 1.99. The average Bonchev–Trinajstić information content (AvgIpc) is 3.36. The summed E-state index contributed by atoms with van der Waals surface area (Å²) in [6.07, 6.45) is 8.33. The van der Waals surface area contributed by atoms with Gasteiger partial charge in [-0.25, -0.2) is 9.07 Å². The van der Waals surface area contributed by atoms with Crippen molar-refractivity contribution in [3.05, 3.63) is 72.5 Å². The van der Waals surface area contributed by atoms with E-state index in [1.165, 1.54) is 12.3 Å². The second-order valence-corrected chi connectivity index (χ2v) is 8.84. The lowest BCUT2D eigenvalue weighted by molar-refractivity contribution is -0.119. The first-order valence-corrected chi connectivity index (χ1v) is 11.2.